The lowest BCUT2D eigenvalue weighted by Gasteiger charge is -2.17. The first-order valence-electron chi connectivity index (χ1n) is 9.06. The van der Waals surface area contributed by atoms with E-state index in [0.717, 1.165) is 5.20 Å². The van der Waals surface area contributed by atoms with Crippen molar-refractivity contribution in [1.29, 1.82) is 0 Å². The highest BCUT2D eigenvalue weighted by Gasteiger charge is 2.13. The molecule has 4 rings (SSSR count). The number of hydrogen-bond donors (Lipinski definition) is 0. The Hall–Kier alpha value is -3.16. The van der Waals surface area contributed by atoms with Gasteiger partial charge in [0.25, 0.3) is 0 Å². The van der Waals surface area contributed by atoms with Crippen LogP contribution in [0.15, 0.2) is 115 Å². The van der Waals surface area contributed by atoms with E-state index in [2.05, 4.69) is 126 Å². The summed E-state index contributed by atoms with van der Waals surface area (Å²) < 4.78 is 0. The Labute approximate surface area is 164 Å². The minimum absolute atomic E-state index is 1.09. The van der Waals surface area contributed by atoms with Gasteiger partial charge in [0.2, 0.25) is 0 Å². The summed E-state index contributed by atoms with van der Waals surface area (Å²) in [6, 6.07) is 40.2. The van der Waals surface area contributed by atoms with E-state index in [1.807, 2.05) is 0 Å². The quantitative estimate of drug-likeness (QED) is 0.290. The molecule has 0 aliphatic rings. The molecule has 0 saturated heterocycles. The number of rotatable bonds is 4. The van der Waals surface area contributed by atoms with Gasteiger partial charge in [-0.15, -0.1) is 0 Å². The average molecular weight is 360 g/mol. The molecule has 0 atom stereocenters. The second kappa shape index (κ2) is 8.03. The van der Waals surface area contributed by atoms with Gasteiger partial charge in [-0.1, -0.05) is 120 Å². The third kappa shape index (κ3) is 3.69. The van der Waals surface area contributed by atoms with E-state index in [9.17, 15) is 0 Å². The SMILES string of the molecule is [Si]C(=C(c1ccccc1)c1ccccc1)c1ccccc1-c1ccccc1. The summed E-state index contributed by atoms with van der Waals surface area (Å²) in [5, 5.41) is 1.09. The van der Waals surface area contributed by atoms with E-state index in [4.69, 9.17) is 0 Å². The first-order valence-corrected chi connectivity index (χ1v) is 9.56. The zero-order chi connectivity index (χ0) is 18.5. The van der Waals surface area contributed by atoms with Gasteiger partial charge in [0, 0.05) is 0 Å². The molecule has 0 saturated carbocycles. The van der Waals surface area contributed by atoms with Crippen molar-refractivity contribution in [1.82, 2.24) is 0 Å². The minimum atomic E-state index is 1.09. The summed E-state index contributed by atoms with van der Waals surface area (Å²) >= 11 is 0. The first kappa shape index (κ1) is 17.3. The van der Waals surface area contributed by atoms with Crippen LogP contribution in [0.25, 0.3) is 21.9 Å². The Morgan fingerprint density at radius 3 is 1.48 bits per heavy atom. The van der Waals surface area contributed by atoms with Crippen LogP contribution in [0, 0.1) is 0 Å². The zero-order valence-electron chi connectivity index (χ0n) is 15.0. The Morgan fingerprint density at radius 2 is 0.926 bits per heavy atom. The predicted molar refractivity (Wildman–Crippen MR) is 116 cm³/mol. The lowest BCUT2D eigenvalue weighted by Crippen LogP contribution is -1.97. The molecule has 27 heavy (non-hydrogen) atoms. The molecule has 0 amide bonds. The van der Waals surface area contributed by atoms with Crippen LogP contribution in [0.1, 0.15) is 16.7 Å². The predicted octanol–water partition coefficient (Wildman–Crippen LogP) is 6.44. The second-order valence-corrected chi connectivity index (χ2v) is 6.89. The molecule has 0 aliphatic carbocycles. The molecular formula is C26H19Si. The topological polar surface area (TPSA) is 0 Å². The fraction of sp³-hybridized carbons (Fsp3) is 0. The molecule has 0 aliphatic heterocycles. The van der Waals surface area contributed by atoms with Crippen molar-refractivity contribution in [3.8, 4) is 11.1 Å². The maximum Gasteiger partial charge on any atom is 0.0729 e. The van der Waals surface area contributed by atoms with Crippen LogP contribution >= 0.6 is 0 Å². The molecule has 0 aromatic heterocycles. The standard InChI is InChI=1S/C26H19Si/c27-26(24-19-11-10-18-23(24)20-12-4-1-5-13-20)25(21-14-6-2-7-15-21)22-16-8-3-9-17-22/h1-19H. The fourth-order valence-corrected chi connectivity index (χ4v) is 3.88. The van der Waals surface area contributed by atoms with Gasteiger partial charge in [0.15, 0.2) is 0 Å². The summed E-state index contributed by atoms with van der Waals surface area (Å²) in [5.41, 5.74) is 7.18. The Morgan fingerprint density at radius 1 is 0.481 bits per heavy atom. The lowest BCUT2D eigenvalue weighted by molar-refractivity contribution is 1.54. The number of hydrogen-bond acceptors (Lipinski definition) is 0. The molecule has 0 fully saturated rings. The molecule has 0 bridgehead atoms. The average Bonchev–Trinajstić information content (AvgIpc) is 2.76. The summed E-state index contributed by atoms with van der Waals surface area (Å²) in [4.78, 5) is 0. The maximum atomic E-state index is 4.02. The highest BCUT2D eigenvalue weighted by molar-refractivity contribution is 6.48. The summed E-state index contributed by atoms with van der Waals surface area (Å²) in [7, 11) is 4.02. The van der Waals surface area contributed by atoms with Crippen molar-refractivity contribution in [3.63, 3.8) is 0 Å². The van der Waals surface area contributed by atoms with E-state index in [-0.39, 0.29) is 0 Å². The zero-order valence-corrected chi connectivity index (χ0v) is 16.0. The summed E-state index contributed by atoms with van der Waals surface area (Å²) in [6.45, 7) is 0. The van der Waals surface area contributed by atoms with Crippen molar-refractivity contribution >= 4 is 21.0 Å². The molecule has 3 radical (unpaired) electrons. The van der Waals surface area contributed by atoms with E-state index >= 15 is 0 Å². The summed E-state index contributed by atoms with van der Waals surface area (Å²) in [6.07, 6.45) is 0. The second-order valence-electron chi connectivity index (χ2n) is 6.39. The van der Waals surface area contributed by atoms with Crippen molar-refractivity contribution in [2.24, 2.45) is 0 Å². The molecule has 0 unspecified atom stereocenters. The third-order valence-corrected chi connectivity index (χ3v) is 5.18. The highest BCUT2D eigenvalue weighted by Crippen LogP contribution is 2.35. The molecule has 0 spiro atoms. The van der Waals surface area contributed by atoms with Crippen LogP contribution < -0.4 is 0 Å². The van der Waals surface area contributed by atoms with Crippen LogP contribution in [-0.4, -0.2) is 10.2 Å². The number of benzene rings is 4. The maximum absolute atomic E-state index is 4.02. The van der Waals surface area contributed by atoms with Crippen molar-refractivity contribution in [2.45, 2.75) is 0 Å². The van der Waals surface area contributed by atoms with E-state index < -0.39 is 0 Å². The van der Waals surface area contributed by atoms with E-state index in [0.29, 0.717) is 0 Å². The van der Waals surface area contributed by atoms with Crippen LogP contribution in [0.3, 0.4) is 0 Å². The summed E-state index contributed by atoms with van der Waals surface area (Å²) in [5.74, 6) is 0. The normalized spacial score (nSPS) is 10.4. The van der Waals surface area contributed by atoms with Gasteiger partial charge in [-0.25, -0.2) is 0 Å². The Bertz CT molecular complexity index is 1010. The monoisotopic (exact) mass is 359 g/mol. The lowest BCUT2D eigenvalue weighted by atomic mass is 9.92. The van der Waals surface area contributed by atoms with Crippen molar-refractivity contribution in [3.05, 3.63) is 132 Å². The molecule has 0 heterocycles. The molecule has 4 aromatic rings. The van der Waals surface area contributed by atoms with Crippen LogP contribution in [-0.2, 0) is 0 Å². The van der Waals surface area contributed by atoms with Crippen molar-refractivity contribution < 1.29 is 0 Å². The molecular weight excluding hydrogens is 340 g/mol. The minimum Gasteiger partial charge on any atom is -0.0622 e. The van der Waals surface area contributed by atoms with Gasteiger partial charge in [-0.05, 0) is 33.4 Å². The van der Waals surface area contributed by atoms with Gasteiger partial charge in [0.1, 0.15) is 0 Å². The van der Waals surface area contributed by atoms with Gasteiger partial charge in [-0.3, -0.25) is 0 Å². The fourth-order valence-electron chi connectivity index (χ4n) is 3.37. The van der Waals surface area contributed by atoms with Crippen LogP contribution in [0.5, 0.6) is 0 Å². The first-order chi connectivity index (χ1) is 13.3. The van der Waals surface area contributed by atoms with Crippen LogP contribution in [0.4, 0.5) is 0 Å². The van der Waals surface area contributed by atoms with Gasteiger partial charge in [-0.2, -0.15) is 0 Å². The molecule has 0 nitrogen and oxygen atoms in total. The van der Waals surface area contributed by atoms with E-state index in [1.165, 1.54) is 33.4 Å². The van der Waals surface area contributed by atoms with Crippen molar-refractivity contribution in [2.75, 3.05) is 0 Å². The van der Waals surface area contributed by atoms with Gasteiger partial charge < -0.3 is 0 Å². The van der Waals surface area contributed by atoms with Gasteiger partial charge >= 0.3 is 0 Å². The van der Waals surface area contributed by atoms with Crippen LogP contribution in [0.2, 0.25) is 0 Å². The van der Waals surface area contributed by atoms with Gasteiger partial charge in [0.05, 0.1) is 10.2 Å². The highest BCUT2D eigenvalue weighted by atomic mass is 28.1. The molecule has 0 N–H and O–H groups in total. The largest absolute Gasteiger partial charge is 0.0729 e. The Balaban J connectivity index is 1.97. The van der Waals surface area contributed by atoms with E-state index in [1.54, 1.807) is 0 Å². The molecule has 127 valence electrons. The Kier molecular flexibility index (Phi) is 5.13. The molecule has 1 heteroatoms. The smallest absolute Gasteiger partial charge is 0.0622 e. The third-order valence-electron chi connectivity index (χ3n) is 4.66. The molecule has 4 aromatic carbocycles.